The molecule has 0 amide bonds. The number of thioether (sulfide) groups is 1. The number of hydrogen-bond donors (Lipinski definition) is 0. The Labute approximate surface area is 243 Å². The molecule has 11 heteroatoms. The van der Waals surface area contributed by atoms with Gasteiger partial charge in [0.15, 0.2) is 0 Å². The molecule has 1 aromatic carbocycles. The van der Waals surface area contributed by atoms with Gasteiger partial charge in [0.05, 0.1) is 17.3 Å². The van der Waals surface area contributed by atoms with Crippen molar-refractivity contribution in [2.75, 3.05) is 0 Å². The molecule has 0 saturated carbocycles. The molecular formula is C29H24Cl2F3N3O2S. The lowest BCUT2D eigenvalue weighted by molar-refractivity contribution is -0.138. The molecule has 208 valence electrons. The van der Waals surface area contributed by atoms with Crippen LogP contribution in [0.15, 0.2) is 70.5 Å². The summed E-state index contributed by atoms with van der Waals surface area (Å²) in [6.07, 6.45) is -3.49. The van der Waals surface area contributed by atoms with E-state index in [0.717, 1.165) is 32.2 Å². The minimum atomic E-state index is -4.77. The molecule has 4 aromatic rings. The summed E-state index contributed by atoms with van der Waals surface area (Å²) in [5.41, 5.74) is 1.12. The lowest BCUT2D eigenvalue weighted by Gasteiger charge is -2.17. The lowest BCUT2D eigenvalue weighted by atomic mass is 10.1. The van der Waals surface area contributed by atoms with Gasteiger partial charge in [0, 0.05) is 44.0 Å². The fraction of sp³-hybridized carbons (Fsp3) is 0.207. The van der Waals surface area contributed by atoms with Crippen molar-refractivity contribution in [1.29, 1.82) is 0 Å². The molecule has 0 N–H and O–H groups in total. The van der Waals surface area contributed by atoms with Crippen LogP contribution in [0, 0.1) is 13.8 Å². The summed E-state index contributed by atoms with van der Waals surface area (Å²) in [6, 6.07) is 11.0. The minimum Gasteiger partial charge on any atom is -0.486 e. The Balaban J connectivity index is 1.74. The zero-order chi connectivity index (χ0) is 29.2. The van der Waals surface area contributed by atoms with Gasteiger partial charge in [-0.25, -0.2) is 4.98 Å². The number of nitrogens with zero attached hydrogens (tertiary/aromatic N) is 3. The molecule has 0 saturated heterocycles. The van der Waals surface area contributed by atoms with Crippen LogP contribution in [0.25, 0.3) is 15.8 Å². The molecule has 0 atom stereocenters. The van der Waals surface area contributed by atoms with Gasteiger partial charge in [-0.05, 0) is 56.5 Å². The monoisotopic (exact) mass is 605 g/mol. The van der Waals surface area contributed by atoms with Crippen molar-refractivity contribution in [1.82, 2.24) is 14.5 Å². The van der Waals surface area contributed by atoms with Crippen LogP contribution in [-0.2, 0) is 19.3 Å². The Kier molecular flexibility index (Phi) is 8.97. The maximum Gasteiger partial charge on any atom is 0.421 e. The number of hydrogen-bond acceptors (Lipinski definition) is 5. The van der Waals surface area contributed by atoms with Crippen molar-refractivity contribution in [3.05, 3.63) is 115 Å². The Morgan fingerprint density at radius 3 is 2.55 bits per heavy atom. The average molecular weight is 606 g/mol. The Morgan fingerprint density at radius 1 is 1.15 bits per heavy atom. The fourth-order valence-electron chi connectivity index (χ4n) is 4.26. The molecule has 0 unspecified atom stereocenters. The third kappa shape index (κ3) is 6.37. The standard InChI is InChI=1S/C29H24Cl2F3N3O2S/c1-5-40-27(18(4)30)20-12-16(2)36-26-19(20)8-6-10-25(26)39-15-21-23(31)13-17(3)35-24(21)14-37-11-7-9-22(28(37)38)29(32,33)34/h5-13H,1,14-15H2,2-4H3/b27-18+. The molecule has 0 aliphatic heterocycles. The first-order valence-electron chi connectivity index (χ1n) is 12.0. The van der Waals surface area contributed by atoms with Crippen molar-refractivity contribution in [3.63, 3.8) is 0 Å². The van der Waals surface area contributed by atoms with E-state index in [-0.39, 0.29) is 13.2 Å². The fourth-order valence-corrected chi connectivity index (χ4v) is 5.44. The van der Waals surface area contributed by atoms with Crippen molar-refractivity contribution in [2.24, 2.45) is 0 Å². The van der Waals surface area contributed by atoms with Crippen LogP contribution in [-0.4, -0.2) is 14.5 Å². The highest BCUT2D eigenvalue weighted by atomic mass is 35.5. The molecule has 0 bridgehead atoms. The number of fused-ring (bicyclic) bond motifs is 1. The van der Waals surface area contributed by atoms with Gasteiger partial charge in [0.25, 0.3) is 5.56 Å². The first kappa shape index (κ1) is 29.7. The summed E-state index contributed by atoms with van der Waals surface area (Å²) in [5.74, 6) is 0.469. The summed E-state index contributed by atoms with van der Waals surface area (Å²) in [7, 11) is 0. The smallest absolute Gasteiger partial charge is 0.421 e. The van der Waals surface area contributed by atoms with E-state index in [1.807, 2.05) is 25.1 Å². The van der Waals surface area contributed by atoms with Crippen molar-refractivity contribution in [3.8, 4) is 5.75 Å². The molecule has 3 heterocycles. The number of aromatic nitrogens is 3. The number of aryl methyl sites for hydroxylation is 2. The summed E-state index contributed by atoms with van der Waals surface area (Å²) in [4.78, 5) is 22.6. The van der Waals surface area contributed by atoms with E-state index in [2.05, 4.69) is 11.6 Å². The van der Waals surface area contributed by atoms with Gasteiger partial charge in [-0.1, -0.05) is 53.7 Å². The second-order valence-electron chi connectivity index (χ2n) is 8.92. The Hall–Kier alpha value is -3.27. The number of ether oxygens (including phenoxy) is 1. The second kappa shape index (κ2) is 12.1. The first-order chi connectivity index (χ1) is 18.9. The van der Waals surface area contributed by atoms with Gasteiger partial charge in [-0.3, -0.25) is 9.78 Å². The average Bonchev–Trinajstić information content (AvgIpc) is 2.86. The van der Waals surface area contributed by atoms with Gasteiger partial charge in [-0.15, -0.1) is 0 Å². The number of para-hydroxylation sites is 1. The highest BCUT2D eigenvalue weighted by Crippen LogP contribution is 2.39. The van der Waals surface area contributed by atoms with Gasteiger partial charge >= 0.3 is 6.18 Å². The van der Waals surface area contributed by atoms with Gasteiger partial charge in [0.2, 0.25) is 0 Å². The molecular weight excluding hydrogens is 582 g/mol. The molecule has 0 radical (unpaired) electrons. The van der Waals surface area contributed by atoms with Gasteiger partial charge < -0.3 is 9.30 Å². The zero-order valence-electron chi connectivity index (χ0n) is 21.8. The lowest BCUT2D eigenvalue weighted by Crippen LogP contribution is -2.29. The highest BCUT2D eigenvalue weighted by molar-refractivity contribution is 8.11. The number of rotatable bonds is 8. The molecule has 5 nitrogen and oxygen atoms in total. The SMILES string of the molecule is C=CS/C(=C(\C)Cl)c1cc(C)nc2c(OCc3c(Cl)cc(C)nc3Cn3cccc(C(F)(F)F)c3=O)cccc12. The maximum absolute atomic E-state index is 13.3. The predicted molar refractivity (Wildman–Crippen MR) is 156 cm³/mol. The van der Waals surface area contributed by atoms with Crippen LogP contribution in [0.4, 0.5) is 13.2 Å². The molecule has 0 spiro atoms. The number of halogens is 5. The van der Waals surface area contributed by atoms with Crippen molar-refractivity contribution >= 4 is 50.8 Å². The van der Waals surface area contributed by atoms with E-state index in [0.29, 0.717) is 38.3 Å². The van der Waals surface area contributed by atoms with Crippen molar-refractivity contribution < 1.29 is 17.9 Å². The number of allylic oxidation sites excluding steroid dienone is 1. The van der Waals surface area contributed by atoms with Crippen LogP contribution >= 0.6 is 35.0 Å². The largest absolute Gasteiger partial charge is 0.486 e. The van der Waals surface area contributed by atoms with E-state index in [4.69, 9.17) is 32.9 Å². The summed E-state index contributed by atoms with van der Waals surface area (Å²) in [6.45, 7) is 8.90. The van der Waals surface area contributed by atoms with Gasteiger partial charge in [-0.2, -0.15) is 13.2 Å². The van der Waals surface area contributed by atoms with Crippen LogP contribution in [0.5, 0.6) is 5.75 Å². The van der Waals surface area contributed by atoms with Crippen LogP contribution in [0.1, 0.15) is 40.7 Å². The zero-order valence-corrected chi connectivity index (χ0v) is 24.1. The molecule has 40 heavy (non-hydrogen) atoms. The normalized spacial score (nSPS) is 12.4. The predicted octanol–water partition coefficient (Wildman–Crippen LogP) is 8.51. The van der Waals surface area contributed by atoms with Crippen LogP contribution in [0.2, 0.25) is 5.02 Å². The van der Waals surface area contributed by atoms with E-state index >= 15 is 0 Å². The Morgan fingerprint density at radius 2 is 1.88 bits per heavy atom. The minimum absolute atomic E-state index is 0.0577. The van der Waals surface area contributed by atoms with Gasteiger partial charge in [0.1, 0.15) is 23.4 Å². The van der Waals surface area contributed by atoms with Crippen molar-refractivity contribution in [2.45, 2.75) is 40.1 Å². The molecule has 4 rings (SSSR count). The number of alkyl halides is 3. The summed E-state index contributed by atoms with van der Waals surface area (Å²) >= 11 is 14.4. The molecule has 0 fully saturated rings. The van der Waals surface area contributed by atoms with E-state index in [1.165, 1.54) is 24.0 Å². The third-order valence-electron chi connectivity index (χ3n) is 5.99. The first-order valence-corrected chi connectivity index (χ1v) is 13.6. The quantitative estimate of drug-likeness (QED) is 0.201. The number of benzene rings is 1. The van der Waals surface area contributed by atoms with Crippen LogP contribution in [0.3, 0.4) is 0 Å². The second-order valence-corrected chi connectivity index (χ2v) is 10.9. The number of pyridine rings is 3. The van der Waals surface area contributed by atoms with E-state index in [1.54, 1.807) is 31.4 Å². The highest BCUT2D eigenvalue weighted by Gasteiger charge is 2.34. The molecule has 3 aromatic heterocycles. The summed E-state index contributed by atoms with van der Waals surface area (Å²) in [5, 5.41) is 3.44. The third-order valence-corrected chi connectivity index (χ3v) is 7.56. The topological polar surface area (TPSA) is 57.0 Å². The summed E-state index contributed by atoms with van der Waals surface area (Å²) < 4.78 is 47.1. The van der Waals surface area contributed by atoms with Crippen LogP contribution < -0.4 is 10.3 Å². The van der Waals surface area contributed by atoms with E-state index < -0.39 is 17.3 Å². The van der Waals surface area contributed by atoms with E-state index in [9.17, 15) is 18.0 Å². The molecule has 0 aliphatic carbocycles. The maximum atomic E-state index is 13.3. The Bertz CT molecular complexity index is 1700. The molecule has 0 aliphatic rings.